The Morgan fingerprint density at radius 3 is 2.35 bits per heavy atom. The van der Waals surface area contributed by atoms with Gasteiger partial charge in [-0.1, -0.05) is 19.1 Å². The van der Waals surface area contributed by atoms with Gasteiger partial charge < -0.3 is 9.47 Å². The fourth-order valence-electron chi connectivity index (χ4n) is 2.02. The first-order valence-electron chi connectivity index (χ1n) is 7.17. The van der Waals surface area contributed by atoms with Gasteiger partial charge in [0.1, 0.15) is 11.5 Å². The van der Waals surface area contributed by atoms with Crippen LogP contribution in [0.15, 0.2) is 42.5 Å². The van der Waals surface area contributed by atoms with E-state index in [0.717, 1.165) is 12.0 Å². The number of hydrogen-bond acceptors (Lipinski definition) is 5. The Kier molecular flexibility index (Phi) is 5.30. The van der Waals surface area contributed by atoms with E-state index in [2.05, 4.69) is 0 Å². The lowest BCUT2D eigenvalue weighted by molar-refractivity contribution is -0.385. The lowest BCUT2D eigenvalue weighted by atomic mass is 10.2. The Hall–Kier alpha value is -2.89. The minimum Gasteiger partial charge on any atom is -0.482 e. The van der Waals surface area contributed by atoms with E-state index in [1.165, 1.54) is 18.2 Å². The van der Waals surface area contributed by atoms with Gasteiger partial charge in [-0.3, -0.25) is 10.1 Å². The van der Waals surface area contributed by atoms with Crippen molar-refractivity contribution in [2.75, 3.05) is 6.61 Å². The molecule has 6 heteroatoms. The van der Waals surface area contributed by atoms with Crippen LogP contribution >= 0.6 is 0 Å². The van der Waals surface area contributed by atoms with Crippen molar-refractivity contribution in [3.8, 4) is 11.5 Å². The van der Waals surface area contributed by atoms with Gasteiger partial charge in [0.05, 0.1) is 4.92 Å². The number of hydrogen-bond donors (Lipinski definition) is 0. The summed E-state index contributed by atoms with van der Waals surface area (Å²) in [6.07, 6.45) is 0.914. The van der Waals surface area contributed by atoms with E-state index >= 15 is 0 Å². The first-order valence-corrected chi connectivity index (χ1v) is 7.17. The molecule has 0 heterocycles. The molecule has 0 radical (unpaired) electrons. The number of nitro groups is 1. The Morgan fingerprint density at radius 1 is 1.13 bits per heavy atom. The van der Waals surface area contributed by atoms with Crippen molar-refractivity contribution in [1.29, 1.82) is 0 Å². The maximum absolute atomic E-state index is 11.7. The molecule has 6 nitrogen and oxygen atoms in total. The Labute approximate surface area is 133 Å². The monoisotopic (exact) mass is 315 g/mol. The lowest BCUT2D eigenvalue weighted by Gasteiger charge is -2.08. The van der Waals surface area contributed by atoms with Gasteiger partial charge in [0.25, 0.3) is 5.69 Å². The van der Waals surface area contributed by atoms with Gasteiger partial charge in [0.15, 0.2) is 6.61 Å². The van der Waals surface area contributed by atoms with Gasteiger partial charge in [-0.15, -0.1) is 0 Å². The van der Waals surface area contributed by atoms with Crippen molar-refractivity contribution < 1.29 is 19.2 Å². The summed E-state index contributed by atoms with van der Waals surface area (Å²) in [4.78, 5) is 22.0. The molecule has 0 aliphatic heterocycles. The van der Waals surface area contributed by atoms with E-state index in [1.54, 1.807) is 19.1 Å². The van der Waals surface area contributed by atoms with Crippen molar-refractivity contribution in [2.45, 2.75) is 20.3 Å². The second-order valence-corrected chi connectivity index (χ2v) is 4.97. The number of benzene rings is 2. The number of nitro benzene ring substituents is 1. The van der Waals surface area contributed by atoms with Crippen LogP contribution < -0.4 is 9.47 Å². The van der Waals surface area contributed by atoms with Crippen LogP contribution in [0.5, 0.6) is 11.5 Å². The topological polar surface area (TPSA) is 78.7 Å². The van der Waals surface area contributed by atoms with E-state index in [9.17, 15) is 14.9 Å². The van der Waals surface area contributed by atoms with Crippen LogP contribution in [0.25, 0.3) is 0 Å². The molecule has 0 aromatic heterocycles. The maximum atomic E-state index is 11.7. The average molecular weight is 315 g/mol. The number of ether oxygens (including phenoxy) is 2. The van der Waals surface area contributed by atoms with Gasteiger partial charge in [-0.2, -0.15) is 0 Å². The largest absolute Gasteiger partial charge is 0.482 e. The third kappa shape index (κ3) is 4.54. The SMILES string of the molecule is CCc1ccc(OC(=O)COc2ccc([N+](=O)[O-])c(C)c2)cc1. The van der Waals surface area contributed by atoms with E-state index in [1.807, 2.05) is 19.1 Å². The maximum Gasteiger partial charge on any atom is 0.349 e. The quantitative estimate of drug-likeness (QED) is 0.353. The Balaban J connectivity index is 1.91. The van der Waals surface area contributed by atoms with E-state index in [-0.39, 0.29) is 12.3 Å². The molecule has 0 aliphatic rings. The molecule has 0 bridgehead atoms. The standard InChI is InChI=1S/C17H17NO5/c1-3-13-4-6-14(7-5-13)23-17(19)11-22-15-8-9-16(18(20)21)12(2)10-15/h4-10H,3,11H2,1-2H3. The summed E-state index contributed by atoms with van der Waals surface area (Å²) in [6, 6.07) is 11.6. The van der Waals surface area contributed by atoms with Crippen LogP contribution in [0.2, 0.25) is 0 Å². The van der Waals surface area contributed by atoms with E-state index in [4.69, 9.17) is 9.47 Å². The van der Waals surface area contributed by atoms with E-state index < -0.39 is 10.9 Å². The predicted octanol–water partition coefficient (Wildman–Crippen LogP) is 3.45. The number of esters is 1. The van der Waals surface area contributed by atoms with Crippen LogP contribution in [0, 0.1) is 17.0 Å². The summed E-state index contributed by atoms with van der Waals surface area (Å²) >= 11 is 0. The second kappa shape index (κ2) is 7.40. The molecular weight excluding hydrogens is 298 g/mol. The number of carbonyl (C=O) groups is 1. The van der Waals surface area contributed by atoms with Crippen LogP contribution in [-0.4, -0.2) is 17.5 Å². The minimum absolute atomic E-state index is 0.0101. The Bertz CT molecular complexity index is 709. The minimum atomic E-state index is -0.537. The number of nitrogens with zero attached hydrogens (tertiary/aromatic N) is 1. The predicted molar refractivity (Wildman–Crippen MR) is 84.8 cm³/mol. The van der Waals surface area contributed by atoms with Crippen LogP contribution in [0.4, 0.5) is 5.69 Å². The molecule has 2 aromatic carbocycles. The molecule has 2 rings (SSSR count). The molecular formula is C17H17NO5. The highest BCUT2D eigenvalue weighted by molar-refractivity contribution is 5.74. The zero-order valence-electron chi connectivity index (χ0n) is 12.9. The molecule has 0 amide bonds. The molecule has 0 atom stereocenters. The summed E-state index contributed by atoms with van der Waals surface area (Å²) < 4.78 is 10.5. The fraction of sp³-hybridized carbons (Fsp3) is 0.235. The molecule has 0 spiro atoms. The zero-order valence-corrected chi connectivity index (χ0v) is 12.9. The summed E-state index contributed by atoms with van der Waals surface area (Å²) in [5.74, 6) is 0.298. The highest BCUT2D eigenvalue weighted by Gasteiger charge is 2.12. The summed E-state index contributed by atoms with van der Waals surface area (Å²) in [5.41, 5.74) is 1.63. The van der Waals surface area contributed by atoms with Crippen molar-refractivity contribution in [3.05, 3.63) is 63.7 Å². The molecule has 0 fully saturated rings. The van der Waals surface area contributed by atoms with E-state index in [0.29, 0.717) is 17.1 Å². The van der Waals surface area contributed by atoms with Crippen molar-refractivity contribution in [2.24, 2.45) is 0 Å². The number of rotatable bonds is 6. The molecule has 2 aromatic rings. The van der Waals surface area contributed by atoms with Crippen LogP contribution in [0.3, 0.4) is 0 Å². The average Bonchev–Trinajstić information content (AvgIpc) is 2.53. The van der Waals surface area contributed by atoms with Crippen molar-refractivity contribution in [1.82, 2.24) is 0 Å². The summed E-state index contributed by atoms with van der Waals surface area (Å²) in [5, 5.41) is 10.7. The Morgan fingerprint density at radius 2 is 1.78 bits per heavy atom. The smallest absolute Gasteiger partial charge is 0.349 e. The van der Waals surface area contributed by atoms with Crippen molar-refractivity contribution >= 4 is 11.7 Å². The van der Waals surface area contributed by atoms with Gasteiger partial charge in [-0.25, -0.2) is 4.79 Å². The first-order chi connectivity index (χ1) is 11.0. The first kappa shape index (κ1) is 16.5. The van der Waals surface area contributed by atoms with Crippen molar-refractivity contribution in [3.63, 3.8) is 0 Å². The summed E-state index contributed by atoms with van der Waals surface area (Å²) in [7, 11) is 0. The van der Waals surface area contributed by atoms with Crippen LogP contribution in [-0.2, 0) is 11.2 Å². The molecule has 120 valence electrons. The normalized spacial score (nSPS) is 10.2. The highest BCUT2D eigenvalue weighted by atomic mass is 16.6. The van der Waals surface area contributed by atoms with Crippen LogP contribution in [0.1, 0.15) is 18.1 Å². The summed E-state index contributed by atoms with van der Waals surface area (Å²) in [6.45, 7) is 3.38. The van der Waals surface area contributed by atoms with Gasteiger partial charge in [0.2, 0.25) is 0 Å². The molecule has 0 N–H and O–H groups in total. The van der Waals surface area contributed by atoms with Gasteiger partial charge >= 0.3 is 5.97 Å². The fourth-order valence-corrected chi connectivity index (χ4v) is 2.02. The number of aryl methyl sites for hydroxylation is 2. The zero-order chi connectivity index (χ0) is 16.8. The number of carbonyl (C=O) groups excluding carboxylic acids is 1. The molecule has 23 heavy (non-hydrogen) atoms. The van der Waals surface area contributed by atoms with Gasteiger partial charge in [-0.05, 0) is 43.2 Å². The highest BCUT2D eigenvalue weighted by Crippen LogP contribution is 2.23. The second-order valence-electron chi connectivity index (χ2n) is 4.97. The lowest BCUT2D eigenvalue weighted by Crippen LogP contribution is -2.17. The molecule has 0 unspecified atom stereocenters. The molecule has 0 saturated carbocycles. The third-order valence-corrected chi connectivity index (χ3v) is 3.28. The third-order valence-electron chi connectivity index (χ3n) is 3.28. The van der Waals surface area contributed by atoms with Gasteiger partial charge in [0, 0.05) is 11.6 Å². The molecule has 0 saturated heterocycles. The molecule has 0 aliphatic carbocycles.